The molecular weight excluding hydrogens is 347 g/mol. The number of esters is 1. The summed E-state index contributed by atoms with van der Waals surface area (Å²) in [6.07, 6.45) is 3.74. The summed E-state index contributed by atoms with van der Waals surface area (Å²) in [5.41, 5.74) is -0.785. The molecule has 0 fully saturated rings. The molecule has 0 atom stereocenters. The van der Waals surface area contributed by atoms with Crippen molar-refractivity contribution in [3.63, 3.8) is 0 Å². The molecule has 3 aromatic rings. The number of nitrogens with one attached hydrogen (secondary N) is 1. The predicted molar refractivity (Wildman–Crippen MR) is 82.1 cm³/mol. The molecule has 8 nitrogen and oxygen atoms in total. The largest absolute Gasteiger partial charge is 0.493 e. The van der Waals surface area contributed by atoms with Crippen molar-refractivity contribution in [2.75, 3.05) is 7.11 Å². The first-order valence-corrected chi connectivity index (χ1v) is 6.92. The van der Waals surface area contributed by atoms with Gasteiger partial charge in [-0.3, -0.25) is 9.78 Å². The molecule has 0 aliphatic heterocycles. The van der Waals surface area contributed by atoms with E-state index in [4.69, 9.17) is 23.2 Å². The molecule has 3 aromatic heterocycles. The SMILES string of the molecule is COC(=O)c1cnn2c(O)c(-c3c(Cl)cncc3Cl)c(=O)[nH]c12. The van der Waals surface area contributed by atoms with Gasteiger partial charge in [0.25, 0.3) is 5.56 Å². The molecule has 0 spiro atoms. The van der Waals surface area contributed by atoms with Gasteiger partial charge in [-0.15, -0.1) is 0 Å². The zero-order valence-electron chi connectivity index (χ0n) is 11.5. The van der Waals surface area contributed by atoms with E-state index < -0.39 is 17.4 Å². The van der Waals surface area contributed by atoms with E-state index >= 15 is 0 Å². The van der Waals surface area contributed by atoms with Gasteiger partial charge < -0.3 is 14.8 Å². The van der Waals surface area contributed by atoms with E-state index in [0.29, 0.717) is 0 Å². The number of pyridine rings is 1. The van der Waals surface area contributed by atoms with Gasteiger partial charge in [-0.25, -0.2) is 4.79 Å². The Balaban J connectivity index is 2.37. The van der Waals surface area contributed by atoms with Crippen LogP contribution in [0.5, 0.6) is 5.88 Å². The fourth-order valence-corrected chi connectivity index (χ4v) is 2.70. The second-order valence-electron chi connectivity index (χ2n) is 4.44. The van der Waals surface area contributed by atoms with Gasteiger partial charge >= 0.3 is 5.97 Å². The molecule has 0 aliphatic rings. The molecule has 0 radical (unpaired) electrons. The number of aromatic nitrogens is 4. The average Bonchev–Trinajstić information content (AvgIpc) is 2.93. The van der Waals surface area contributed by atoms with E-state index in [0.717, 1.165) is 10.7 Å². The highest BCUT2D eigenvalue weighted by Crippen LogP contribution is 2.36. The first-order chi connectivity index (χ1) is 11.0. The summed E-state index contributed by atoms with van der Waals surface area (Å²) < 4.78 is 5.57. The Kier molecular flexibility index (Phi) is 3.70. The Hall–Kier alpha value is -2.58. The summed E-state index contributed by atoms with van der Waals surface area (Å²) in [7, 11) is 1.19. The lowest BCUT2D eigenvalue weighted by atomic mass is 10.1. The van der Waals surface area contributed by atoms with E-state index in [1.54, 1.807) is 0 Å². The van der Waals surface area contributed by atoms with Crippen LogP contribution < -0.4 is 5.56 Å². The maximum atomic E-state index is 12.4. The number of hydrogen-bond donors (Lipinski definition) is 2. The molecule has 23 heavy (non-hydrogen) atoms. The number of aromatic amines is 1. The van der Waals surface area contributed by atoms with E-state index in [9.17, 15) is 14.7 Å². The van der Waals surface area contributed by atoms with Crippen LogP contribution in [0.1, 0.15) is 10.4 Å². The average molecular weight is 355 g/mol. The third kappa shape index (κ3) is 2.32. The van der Waals surface area contributed by atoms with E-state index in [2.05, 4.69) is 19.8 Å². The number of carbonyl (C=O) groups is 1. The van der Waals surface area contributed by atoms with Crippen LogP contribution in [0.2, 0.25) is 10.0 Å². The third-order valence-electron chi connectivity index (χ3n) is 3.16. The molecule has 0 amide bonds. The molecule has 2 N–H and O–H groups in total. The van der Waals surface area contributed by atoms with Gasteiger partial charge in [0, 0.05) is 18.0 Å². The third-order valence-corrected chi connectivity index (χ3v) is 3.73. The second-order valence-corrected chi connectivity index (χ2v) is 5.26. The lowest BCUT2D eigenvalue weighted by Gasteiger charge is -2.09. The Morgan fingerprint density at radius 2 is 1.91 bits per heavy atom. The van der Waals surface area contributed by atoms with Crippen LogP contribution >= 0.6 is 23.2 Å². The molecule has 3 rings (SSSR count). The summed E-state index contributed by atoms with van der Waals surface area (Å²) in [5, 5.41) is 14.4. The van der Waals surface area contributed by atoms with Crippen molar-refractivity contribution < 1.29 is 14.6 Å². The number of halogens is 2. The maximum absolute atomic E-state index is 12.4. The van der Waals surface area contributed by atoms with Crippen molar-refractivity contribution in [3.8, 4) is 17.0 Å². The van der Waals surface area contributed by atoms with Crippen molar-refractivity contribution in [2.24, 2.45) is 0 Å². The Morgan fingerprint density at radius 3 is 2.52 bits per heavy atom. The smallest absolute Gasteiger partial charge is 0.343 e. The summed E-state index contributed by atoms with van der Waals surface area (Å²) in [6.45, 7) is 0. The molecule has 0 aromatic carbocycles. The minimum Gasteiger partial charge on any atom is -0.493 e. The van der Waals surface area contributed by atoms with Gasteiger partial charge in [0.05, 0.1) is 23.4 Å². The number of carbonyl (C=O) groups excluding carboxylic acids is 1. The number of fused-ring (bicyclic) bond motifs is 1. The number of hydrogen-bond acceptors (Lipinski definition) is 6. The number of aromatic hydroxyl groups is 1. The second kappa shape index (κ2) is 5.56. The first kappa shape index (κ1) is 15.3. The Morgan fingerprint density at radius 1 is 1.26 bits per heavy atom. The van der Waals surface area contributed by atoms with Crippen molar-refractivity contribution in [1.29, 1.82) is 0 Å². The van der Waals surface area contributed by atoms with Crippen molar-refractivity contribution in [3.05, 3.63) is 44.6 Å². The zero-order valence-corrected chi connectivity index (χ0v) is 13.0. The van der Waals surface area contributed by atoms with E-state index in [-0.39, 0.29) is 32.4 Å². The number of H-pyrrole nitrogens is 1. The Labute approximate surface area is 138 Å². The van der Waals surface area contributed by atoms with Crippen LogP contribution in [-0.4, -0.2) is 37.8 Å². The van der Waals surface area contributed by atoms with Crippen molar-refractivity contribution in [1.82, 2.24) is 19.6 Å². The summed E-state index contributed by atoms with van der Waals surface area (Å²) >= 11 is 12.0. The molecule has 118 valence electrons. The number of ether oxygens (including phenoxy) is 1. The van der Waals surface area contributed by atoms with Crippen LogP contribution in [0, 0.1) is 0 Å². The normalized spacial score (nSPS) is 10.9. The standard InChI is InChI=1S/C13H8Cl2N4O4/c1-23-13(22)5-2-17-19-10(5)18-11(20)9(12(19)21)8-6(14)3-16-4-7(8)15/h2-4,21H,1H3,(H,18,20). The van der Waals surface area contributed by atoms with Gasteiger partial charge in [-0.2, -0.15) is 9.61 Å². The first-order valence-electron chi connectivity index (χ1n) is 6.16. The minimum absolute atomic E-state index is 0.00151. The highest BCUT2D eigenvalue weighted by atomic mass is 35.5. The van der Waals surface area contributed by atoms with Gasteiger partial charge in [-0.05, 0) is 0 Å². The van der Waals surface area contributed by atoms with Crippen LogP contribution in [-0.2, 0) is 4.74 Å². The van der Waals surface area contributed by atoms with Crippen LogP contribution in [0.25, 0.3) is 16.8 Å². The maximum Gasteiger partial charge on any atom is 0.343 e. The number of nitrogens with zero attached hydrogens (tertiary/aromatic N) is 3. The Bertz CT molecular complexity index is 975. The van der Waals surface area contributed by atoms with Gasteiger partial charge in [-0.1, -0.05) is 23.2 Å². The molecule has 0 saturated carbocycles. The highest BCUT2D eigenvalue weighted by molar-refractivity contribution is 6.39. The number of rotatable bonds is 2. The van der Waals surface area contributed by atoms with Crippen molar-refractivity contribution in [2.45, 2.75) is 0 Å². The fourth-order valence-electron chi connectivity index (χ4n) is 2.14. The lowest BCUT2D eigenvalue weighted by molar-refractivity contribution is 0.0602. The topological polar surface area (TPSA) is 110 Å². The van der Waals surface area contributed by atoms with E-state index in [1.807, 2.05) is 0 Å². The number of methoxy groups -OCH3 is 1. The quantitative estimate of drug-likeness (QED) is 0.680. The summed E-state index contributed by atoms with van der Waals surface area (Å²) in [6, 6.07) is 0. The molecule has 0 aliphatic carbocycles. The summed E-state index contributed by atoms with van der Waals surface area (Å²) in [4.78, 5) is 30.3. The van der Waals surface area contributed by atoms with Gasteiger partial charge in [0.1, 0.15) is 11.1 Å². The minimum atomic E-state index is -0.706. The van der Waals surface area contributed by atoms with Crippen LogP contribution in [0.15, 0.2) is 23.4 Å². The predicted octanol–water partition coefficient (Wildman–Crippen LogP) is 1.88. The molecule has 0 unspecified atom stereocenters. The van der Waals surface area contributed by atoms with E-state index in [1.165, 1.54) is 19.5 Å². The van der Waals surface area contributed by atoms with Gasteiger partial charge in [0.15, 0.2) is 5.65 Å². The summed E-state index contributed by atoms with van der Waals surface area (Å²) in [5.74, 6) is -1.23. The monoisotopic (exact) mass is 354 g/mol. The zero-order chi connectivity index (χ0) is 16.7. The van der Waals surface area contributed by atoms with Crippen molar-refractivity contribution >= 4 is 34.8 Å². The molecular formula is C13H8Cl2N4O4. The van der Waals surface area contributed by atoms with Crippen LogP contribution in [0.3, 0.4) is 0 Å². The molecule has 10 heteroatoms. The highest BCUT2D eigenvalue weighted by Gasteiger charge is 2.23. The van der Waals surface area contributed by atoms with Gasteiger partial charge in [0.2, 0.25) is 5.88 Å². The molecule has 3 heterocycles. The lowest BCUT2D eigenvalue weighted by Crippen LogP contribution is -2.14. The van der Waals surface area contributed by atoms with Crippen LogP contribution in [0.4, 0.5) is 0 Å². The fraction of sp³-hybridized carbons (Fsp3) is 0.0769. The molecule has 0 bridgehead atoms. The molecule has 0 saturated heterocycles.